The van der Waals surface area contributed by atoms with Crippen molar-refractivity contribution in [1.29, 1.82) is 0 Å². The summed E-state index contributed by atoms with van der Waals surface area (Å²) in [6.07, 6.45) is 1.70. The number of furan rings is 3. The van der Waals surface area contributed by atoms with Crippen molar-refractivity contribution in [3.63, 3.8) is 0 Å². The molecular weight excluding hydrogens is 629 g/mol. The van der Waals surface area contributed by atoms with Gasteiger partial charge in [0.25, 0.3) is 0 Å². The van der Waals surface area contributed by atoms with E-state index in [1.54, 1.807) is 6.26 Å². The Bertz CT molecular complexity index is 1950. The third kappa shape index (κ3) is 7.33. The van der Waals surface area contributed by atoms with Gasteiger partial charge in [0.1, 0.15) is 28.3 Å². The number of alkyl halides is 2. The quantitative estimate of drug-likeness (QED) is 0.0767. The first kappa shape index (κ1) is 34.2. The van der Waals surface area contributed by atoms with Crippen LogP contribution in [0.1, 0.15) is 66.7 Å². The van der Waals surface area contributed by atoms with Crippen LogP contribution >= 0.6 is 11.6 Å². The summed E-state index contributed by atoms with van der Waals surface area (Å²) in [7, 11) is 1.89. The van der Waals surface area contributed by atoms with Crippen LogP contribution in [-0.4, -0.2) is 49.4 Å². The molecule has 0 saturated carbocycles. The van der Waals surface area contributed by atoms with Crippen LogP contribution in [-0.2, 0) is 13.1 Å². The Labute approximate surface area is 285 Å². The molecule has 6 aromatic rings. The molecule has 9 heteroatoms. The number of benzene rings is 3. The van der Waals surface area contributed by atoms with Gasteiger partial charge in [-0.25, -0.2) is 0 Å². The van der Waals surface area contributed by atoms with Gasteiger partial charge < -0.3 is 34.3 Å². The molecule has 0 fully saturated rings. The fourth-order valence-electron chi connectivity index (χ4n) is 6.63. The highest BCUT2D eigenvalue weighted by molar-refractivity contribution is 6.18. The van der Waals surface area contributed by atoms with Crippen molar-refractivity contribution < 1.29 is 22.7 Å². The molecule has 0 spiro atoms. The Morgan fingerprint density at radius 3 is 1.73 bits per heavy atom. The van der Waals surface area contributed by atoms with Crippen LogP contribution < -0.4 is 16.0 Å². The highest BCUT2D eigenvalue weighted by atomic mass is 35.5. The molecule has 0 bridgehead atoms. The summed E-state index contributed by atoms with van der Waals surface area (Å²) < 4.78 is 32.5. The molecule has 3 aromatic heterocycles. The number of aliphatic hydroxyl groups excluding tert-OH is 1. The molecule has 4 N–H and O–H groups in total. The molecule has 0 radical (unpaired) electrons. The molecule has 6 rings (SSSR count). The van der Waals surface area contributed by atoms with Crippen LogP contribution in [0, 0.1) is 0 Å². The maximum absolute atomic E-state index is 14.5. The fraction of sp³-hybridized carbons (Fsp3) is 0.385. The van der Waals surface area contributed by atoms with Crippen molar-refractivity contribution in [1.82, 2.24) is 16.0 Å². The van der Waals surface area contributed by atoms with Gasteiger partial charge in [0.15, 0.2) is 0 Å². The Balaban J connectivity index is 1.08. The number of nitrogens with one attached hydrogen (secondary N) is 3. The number of likely N-dealkylation sites (N-methyl/N-ethyl adjacent to an activating group) is 1. The van der Waals surface area contributed by atoms with E-state index in [1.807, 2.05) is 68.6 Å². The second-order valence-electron chi connectivity index (χ2n) is 13.0. The maximum Gasteiger partial charge on any atom is 0.134 e. The lowest BCUT2D eigenvalue weighted by molar-refractivity contribution is 0.243. The number of hydrogen-bond acceptors (Lipinski definition) is 7. The lowest BCUT2D eigenvalue weighted by Crippen LogP contribution is -2.32. The van der Waals surface area contributed by atoms with E-state index in [0.29, 0.717) is 19.0 Å². The van der Waals surface area contributed by atoms with Crippen molar-refractivity contribution >= 4 is 44.5 Å². The minimum atomic E-state index is -0.508. The molecule has 254 valence electrons. The summed E-state index contributed by atoms with van der Waals surface area (Å²) in [6.45, 7) is 6.72. The first-order valence-corrected chi connectivity index (χ1v) is 17.2. The van der Waals surface area contributed by atoms with Gasteiger partial charge in [0.05, 0.1) is 32.6 Å². The Kier molecular flexibility index (Phi) is 10.9. The minimum absolute atomic E-state index is 0.0313. The molecule has 0 aliphatic heterocycles. The zero-order valence-electron chi connectivity index (χ0n) is 27.9. The summed E-state index contributed by atoms with van der Waals surface area (Å²) >= 11 is 6.42. The van der Waals surface area contributed by atoms with Crippen molar-refractivity contribution in [3.05, 3.63) is 107 Å². The molecule has 0 saturated heterocycles. The third-order valence-electron chi connectivity index (χ3n) is 9.95. The van der Waals surface area contributed by atoms with Gasteiger partial charge in [0.2, 0.25) is 0 Å². The Hall–Kier alpha value is -3.66. The van der Waals surface area contributed by atoms with Gasteiger partial charge in [-0.3, -0.25) is 4.39 Å². The van der Waals surface area contributed by atoms with Crippen LogP contribution in [0.4, 0.5) is 4.39 Å². The normalized spacial score (nSPS) is 16.0. The van der Waals surface area contributed by atoms with Gasteiger partial charge in [-0.05, 0) is 80.9 Å². The first-order valence-electron chi connectivity index (χ1n) is 16.7. The van der Waals surface area contributed by atoms with Gasteiger partial charge in [-0.2, -0.15) is 0 Å². The van der Waals surface area contributed by atoms with E-state index in [9.17, 15) is 9.50 Å². The standard InChI is InChI=1S/C39H45ClFN3O4/c1-23(42-4)36(22-45)29-8-10-31-14-33(48-39(31)17-29)21-44-25(3)35(19-41)28-7-9-30-13-32(47-38(30)16-28)20-43-24(2)34(18-40)27-6-5-26-11-12-46-37(26)15-27/h5-17,23-25,34-36,42-45H,18-22H2,1-4H3. The SMILES string of the molecule is CNC(C)C(CO)c1ccc2cc(CNC(C)C(CF)c3ccc4cc(CNC(C)C(CCl)c5ccc6ccoc6c5)oc4c3)oc2c1. The number of fused-ring (bicyclic) bond motifs is 3. The minimum Gasteiger partial charge on any atom is -0.464 e. The topological polar surface area (TPSA) is 95.7 Å². The molecule has 0 aliphatic carbocycles. The number of hydrogen-bond donors (Lipinski definition) is 4. The van der Waals surface area contributed by atoms with E-state index in [4.69, 9.17) is 24.9 Å². The zero-order valence-corrected chi connectivity index (χ0v) is 28.7. The highest BCUT2D eigenvalue weighted by Gasteiger charge is 2.23. The molecule has 3 heterocycles. The summed E-state index contributed by atoms with van der Waals surface area (Å²) in [5.41, 5.74) is 5.40. The highest BCUT2D eigenvalue weighted by Crippen LogP contribution is 2.30. The predicted molar refractivity (Wildman–Crippen MR) is 192 cm³/mol. The fourth-order valence-corrected chi connectivity index (χ4v) is 7.07. The Morgan fingerprint density at radius 2 is 1.19 bits per heavy atom. The average molecular weight is 674 g/mol. The lowest BCUT2D eigenvalue weighted by atomic mass is 9.93. The van der Waals surface area contributed by atoms with Crippen LogP contribution in [0.5, 0.6) is 0 Å². The van der Waals surface area contributed by atoms with E-state index < -0.39 is 6.67 Å². The van der Waals surface area contributed by atoms with Crippen molar-refractivity contribution in [2.24, 2.45) is 0 Å². The maximum atomic E-state index is 14.5. The molecule has 0 aliphatic rings. The lowest BCUT2D eigenvalue weighted by Gasteiger charge is -2.23. The van der Waals surface area contributed by atoms with Crippen molar-refractivity contribution in [3.8, 4) is 0 Å². The van der Waals surface area contributed by atoms with E-state index in [0.717, 1.165) is 61.1 Å². The Morgan fingerprint density at radius 1 is 0.667 bits per heavy atom. The first-order chi connectivity index (χ1) is 23.3. The van der Waals surface area contributed by atoms with Crippen molar-refractivity contribution in [2.45, 2.75) is 69.7 Å². The summed E-state index contributed by atoms with van der Waals surface area (Å²) in [6, 6.07) is 24.3. The van der Waals surface area contributed by atoms with Crippen LogP contribution in [0.3, 0.4) is 0 Å². The van der Waals surface area contributed by atoms with E-state index in [1.165, 1.54) is 0 Å². The molecule has 3 aromatic carbocycles. The van der Waals surface area contributed by atoms with Crippen LogP contribution in [0.2, 0.25) is 0 Å². The monoisotopic (exact) mass is 673 g/mol. The van der Waals surface area contributed by atoms with E-state index in [-0.39, 0.29) is 42.5 Å². The molecule has 48 heavy (non-hydrogen) atoms. The number of halogens is 2. The number of rotatable bonds is 16. The smallest absolute Gasteiger partial charge is 0.134 e. The third-order valence-corrected chi connectivity index (χ3v) is 10.3. The van der Waals surface area contributed by atoms with Gasteiger partial charge in [-0.1, -0.05) is 36.4 Å². The second kappa shape index (κ2) is 15.3. The molecule has 6 atom stereocenters. The summed E-state index contributed by atoms with van der Waals surface area (Å²) in [5, 5.41) is 23.2. The molecule has 0 amide bonds. The van der Waals surface area contributed by atoms with Crippen LogP contribution in [0.15, 0.2) is 92.3 Å². The second-order valence-corrected chi connectivity index (χ2v) is 13.3. The van der Waals surface area contributed by atoms with Crippen molar-refractivity contribution in [2.75, 3.05) is 26.2 Å². The average Bonchev–Trinajstić information content (AvgIpc) is 3.84. The van der Waals surface area contributed by atoms with Gasteiger partial charge in [-0.15, -0.1) is 11.6 Å². The molecule has 6 unspecified atom stereocenters. The van der Waals surface area contributed by atoms with E-state index in [2.05, 4.69) is 48.0 Å². The zero-order chi connectivity index (χ0) is 33.8. The largest absolute Gasteiger partial charge is 0.464 e. The predicted octanol–water partition coefficient (Wildman–Crippen LogP) is 8.34. The summed E-state index contributed by atoms with van der Waals surface area (Å²) in [4.78, 5) is 0. The van der Waals surface area contributed by atoms with E-state index >= 15 is 0 Å². The number of aliphatic hydroxyl groups is 1. The summed E-state index contributed by atoms with van der Waals surface area (Å²) in [5.74, 6) is 1.77. The van der Waals surface area contributed by atoms with Gasteiger partial charge >= 0.3 is 0 Å². The van der Waals surface area contributed by atoms with Crippen LogP contribution in [0.25, 0.3) is 32.9 Å². The molecular formula is C39H45ClFN3O4. The molecule has 7 nitrogen and oxygen atoms in total. The van der Waals surface area contributed by atoms with Gasteiger partial charge in [0, 0.05) is 57.9 Å².